The molecule has 0 saturated carbocycles. The maximum Gasteiger partial charge on any atom is 0.224 e. The van der Waals surface area contributed by atoms with Crippen molar-refractivity contribution in [1.29, 1.82) is 0 Å². The summed E-state index contributed by atoms with van der Waals surface area (Å²) >= 11 is 6.01. The maximum absolute atomic E-state index is 13.6. The fourth-order valence-corrected chi connectivity index (χ4v) is 2.67. The van der Waals surface area contributed by atoms with Gasteiger partial charge in [-0.05, 0) is 29.8 Å². The highest BCUT2D eigenvalue weighted by atomic mass is 35.5. The van der Waals surface area contributed by atoms with Gasteiger partial charge in [0.15, 0.2) is 0 Å². The SMILES string of the molecule is COc1ccc(Cl)cc1N(CCNC(=O)Cc1ccccc1F)C(C)=O. The molecule has 1 N–H and O–H groups in total. The molecule has 0 unspecified atom stereocenters. The minimum Gasteiger partial charge on any atom is -0.495 e. The molecule has 26 heavy (non-hydrogen) atoms. The van der Waals surface area contributed by atoms with Gasteiger partial charge in [-0.25, -0.2) is 4.39 Å². The van der Waals surface area contributed by atoms with Crippen molar-refractivity contribution in [2.24, 2.45) is 0 Å². The van der Waals surface area contributed by atoms with Gasteiger partial charge in [0.05, 0.1) is 19.2 Å². The number of nitrogens with one attached hydrogen (secondary N) is 1. The molecule has 0 saturated heterocycles. The van der Waals surface area contributed by atoms with Crippen LogP contribution in [0.3, 0.4) is 0 Å². The summed E-state index contributed by atoms with van der Waals surface area (Å²) in [5.74, 6) is -0.454. The fraction of sp³-hybridized carbons (Fsp3) is 0.263. The molecular weight excluding hydrogens is 359 g/mol. The van der Waals surface area contributed by atoms with Crippen LogP contribution in [0.25, 0.3) is 0 Å². The van der Waals surface area contributed by atoms with Gasteiger partial charge in [-0.3, -0.25) is 9.59 Å². The molecule has 0 atom stereocenters. The van der Waals surface area contributed by atoms with E-state index in [1.165, 1.54) is 25.0 Å². The molecule has 0 radical (unpaired) electrons. The van der Waals surface area contributed by atoms with Gasteiger partial charge >= 0.3 is 0 Å². The maximum atomic E-state index is 13.6. The van der Waals surface area contributed by atoms with E-state index >= 15 is 0 Å². The van der Waals surface area contributed by atoms with Crippen molar-refractivity contribution < 1.29 is 18.7 Å². The number of anilines is 1. The van der Waals surface area contributed by atoms with Gasteiger partial charge < -0.3 is 15.0 Å². The van der Waals surface area contributed by atoms with Crippen LogP contribution in [0.4, 0.5) is 10.1 Å². The summed E-state index contributed by atoms with van der Waals surface area (Å²) in [6.07, 6.45) is -0.0623. The summed E-state index contributed by atoms with van der Waals surface area (Å²) in [4.78, 5) is 25.5. The topological polar surface area (TPSA) is 58.6 Å². The van der Waals surface area contributed by atoms with Crippen molar-refractivity contribution in [3.63, 3.8) is 0 Å². The van der Waals surface area contributed by atoms with Crippen LogP contribution in [-0.4, -0.2) is 32.0 Å². The molecule has 0 aliphatic rings. The lowest BCUT2D eigenvalue weighted by Crippen LogP contribution is -2.38. The number of methoxy groups -OCH3 is 1. The van der Waals surface area contributed by atoms with Crippen LogP contribution < -0.4 is 15.0 Å². The van der Waals surface area contributed by atoms with E-state index in [0.717, 1.165) is 0 Å². The Labute approximate surface area is 156 Å². The first-order valence-electron chi connectivity index (χ1n) is 8.04. The van der Waals surface area contributed by atoms with Crippen LogP contribution in [0, 0.1) is 5.82 Å². The quantitative estimate of drug-likeness (QED) is 0.805. The third kappa shape index (κ3) is 5.20. The van der Waals surface area contributed by atoms with Crippen LogP contribution in [-0.2, 0) is 16.0 Å². The number of hydrogen-bond donors (Lipinski definition) is 1. The molecule has 2 aromatic rings. The first-order chi connectivity index (χ1) is 12.4. The largest absolute Gasteiger partial charge is 0.495 e. The van der Waals surface area contributed by atoms with Gasteiger partial charge in [0, 0.05) is 25.0 Å². The van der Waals surface area contributed by atoms with E-state index < -0.39 is 5.82 Å². The molecule has 0 spiro atoms. The Balaban J connectivity index is 1.99. The molecule has 5 nitrogen and oxygen atoms in total. The van der Waals surface area contributed by atoms with Crippen molar-refractivity contribution in [2.75, 3.05) is 25.1 Å². The molecule has 2 rings (SSSR count). The minimum absolute atomic E-state index is 0.0623. The number of hydrogen-bond acceptors (Lipinski definition) is 3. The smallest absolute Gasteiger partial charge is 0.224 e. The number of ether oxygens (including phenoxy) is 1. The summed E-state index contributed by atoms with van der Waals surface area (Å²) in [5.41, 5.74) is 0.848. The highest BCUT2D eigenvalue weighted by Gasteiger charge is 2.17. The summed E-state index contributed by atoms with van der Waals surface area (Å²) in [7, 11) is 1.50. The van der Waals surface area contributed by atoms with E-state index in [9.17, 15) is 14.0 Å². The summed E-state index contributed by atoms with van der Waals surface area (Å²) in [5, 5.41) is 3.16. The first kappa shape index (κ1) is 19.7. The number of carbonyl (C=O) groups is 2. The number of benzene rings is 2. The molecule has 0 aliphatic carbocycles. The Morgan fingerprint density at radius 1 is 1.23 bits per heavy atom. The number of nitrogens with zero attached hydrogens (tertiary/aromatic N) is 1. The molecule has 0 bridgehead atoms. The third-order valence-electron chi connectivity index (χ3n) is 3.78. The summed E-state index contributed by atoms with van der Waals surface area (Å²) in [6, 6.07) is 11.1. The predicted octanol–water partition coefficient (Wildman–Crippen LogP) is 3.20. The number of rotatable bonds is 7. The Bertz CT molecular complexity index is 798. The normalized spacial score (nSPS) is 10.3. The van der Waals surface area contributed by atoms with Crippen molar-refractivity contribution in [1.82, 2.24) is 5.32 Å². The van der Waals surface area contributed by atoms with Gasteiger partial charge in [0.25, 0.3) is 0 Å². The fourth-order valence-electron chi connectivity index (χ4n) is 2.51. The van der Waals surface area contributed by atoms with E-state index in [4.69, 9.17) is 16.3 Å². The molecule has 0 heterocycles. The standard InChI is InChI=1S/C19H20ClFN2O3/c1-13(24)23(17-12-15(20)7-8-18(17)26-2)10-9-22-19(25)11-14-5-3-4-6-16(14)21/h3-8,12H,9-11H2,1-2H3,(H,22,25). The Morgan fingerprint density at radius 2 is 1.96 bits per heavy atom. The zero-order valence-electron chi connectivity index (χ0n) is 14.6. The second kappa shape index (κ2) is 9.20. The first-order valence-corrected chi connectivity index (χ1v) is 8.42. The Kier molecular flexibility index (Phi) is 6.97. The third-order valence-corrected chi connectivity index (χ3v) is 4.01. The van der Waals surface area contributed by atoms with Gasteiger partial charge in [0.2, 0.25) is 11.8 Å². The molecular formula is C19H20ClFN2O3. The van der Waals surface area contributed by atoms with Gasteiger partial charge in [-0.15, -0.1) is 0 Å². The lowest BCUT2D eigenvalue weighted by molar-refractivity contribution is -0.121. The van der Waals surface area contributed by atoms with Crippen molar-refractivity contribution in [2.45, 2.75) is 13.3 Å². The molecule has 0 aromatic heterocycles. The molecule has 138 valence electrons. The van der Waals surface area contributed by atoms with Crippen LogP contribution >= 0.6 is 11.6 Å². The lowest BCUT2D eigenvalue weighted by atomic mass is 10.1. The monoisotopic (exact) mass is 378 g/mol. The van der Waals surface area contributed by atoms with E-state index in [0.29, 0.717) is 22.0 Å². The minimum atomic E-state index is -0.420. The number of carbonyl (C=O) groups excluding carboxylic acids is 2. The van der Waals surface area contributed by atoms with E-state index in [1.54, 1.807) is 36.4 Å². The van der Waals surface area contributed by atoms with Gasteiger partial charge in [-0.2, -0.15) is 0 Å². The average Bonchev–Trinajstić information content (AvgIpc) is 2.60. The molecule has 7 heteroatoms. The van der Waals surface area contributed by atoms with Crippen LogP contribution in [0.1, 0.15) is 12.5 Å². The van der Waals surface area contributed by atoms with Crippen LogP contribution in [0.5, 0.6) is 5.75 Å². The molecule has 2 aromatic carbocycles. The van der Waals surface area contributed by atoms with E-state index in [-0.39, 0.29) is 31.3 Å². The number of halogens is 2. The second-order valence-corrected chi connectivity index (χ2v) is 6.04. The zero-order chi connectivity index (χ0) is 19.1. The highest BCUT2D eigenvalue weighted by Crippen LogP contribution is 2.31. The number of amides is 2. The van der Waals surface area contributed by atoms with Gasteiger partial charge in [-0.1, -0.05) is 29.8 Å². The molecule has 0 aliphatic heterocycles. The lowest BCUT2D eigenvalue weighted by Gasteiger charge is -2.23. The Hall–Kier alpha value is -2.60. The predicted molar refractivity (Wildman–Crippen MR) is 99.1 cm³/mol. The summed E-state index contributed by atoms with van der Waals surface area (Å²) < 4.78 is 18.9. The van der Waals surface area contributed by atoms with Crippen molar-refractivity contribution >= 4 is 29.1 Å². The van der Waals surface area contributed by atoms with Crippen molar-refractivity contribution in [3.8, 4) is 5.75 Å². The zero-order valence-corrected chi connectivity index (χ0v) is 15.3. The molecule has 2 amide bonds. The van der Waals surface area contributed by atoms with E-state index in [2.05, 4.69) is 5.32 Å². The van der Waals surface area contributed by atoms with Crippen LogP contribution in [0.2, 0.25) is 5.02 Å². The summed E-state index contributed by atoms with van der Waals surface area (Å²) in [6.45, 7) is 1.86. The highest BCUT2D eigenvalue weighted by molar-refractivity contribution is 6.31. The average molecular weight is 379 g/mol. The second-order valence-electron chi connectivity index (χ2n) is 5.60. The van der Waals surface area contributed by atoms with E-state index in [1.807, 2.05) is 0 Å². The van der Waals surface area contributed by atoms with Gasteiger partial charge in [0.1, 0.15) is 11.6 Å². The molecule has 0 fully saturated rings. The van der Waals surface area contributed by atoms with Crippen molar-refractivity contribution in [3.05, 3.63) is 58.9 Å². The Morgan fingerprint density at radius 3 is 2.62 bits per heavy atom. The van der Waals surface area contributed by atoms with Crippen LogP contribution in [0.15, 0.2) is 42.5 Å².